The first-order valence-electron chi connectivity index (χ1n) is 12.9. The Kier molecular flexibility index (Phi) is 5.24. The Balaban J connectivity index is 1.45. The third-order valence-electron chi connectivity index (χ3n) is 7.38. The van der Waals surface area contributed by atoms with Crippen LogP contribution in [0.3, 0.4) is 0 Å². The van der Waals surface area contributed by atoms with E-state index in [0.29, 0.717) is 0 Å². The molecule has 0 aliphatic carbocycles. The van der Waals surface area contributed by atoms with E-state index in [1.807, 2.05) is 18.2 Å². The number of aryl methyl sites for hydroxylation is 2. The molecule has 4 heteroatoms. The summed E-state index contributed by atoms with van der Waals surface area (Å²) in [5, 5.41) is 2.27. The third kappa shape index (κ3) is 3.49. The van der Waals surface area contributed by atoms with Crippen LogP contribution in [0.1, 0.15) is 11.1 Å². The fourth-order valence-electron chi connectivity index (χ4n) is 5.84. The minimum atomic E-state index is -0.328. The lowest BCUT2D eigenvalue weighted by atomic mass is 10.0. The number of anilines is 4. The zero-order valence-corrected chi connectivity index (χ0v) is 21.7. The molecular formula is C34H28N2O2. The van der Waals surface area contributed by atoms with Gasteiger partial charge < -0.3 is 9.15 Å². The highest BCUT2D eigenvalue weighted by molar-refractivity contribution is 6.10. The van der Waals surface area contributed by atoms with E-state index in [9.17, 15) is 0 Å². The van der Waals surface area contributed by atoms with Crippen molar-refractivity contribution < 1.29 is 9.15 Å². The van der Waals surface area contributed by atoms with Crippen LogP contribution in [0, 0.1) is 13.8 Å². The normalized spacial score (nSPS) is 15.0. The maximum atomic E-state index is 6.38. The molecule has 0 saturated heterocycles. The molecule has 1 aliphatic rings. The first-order valence-corrected chi connectivity index (χ1v) is 12.9. The molecule has 0 spiro atoms. The lowest BCUT2D eigenvalue weighted by Gasteiger charge is -2.32. The van der Waals surface area contributed by atoms with Crippen LogP contribution < -0.4 is 9.80 Å². The van der Waals surface area contributed by atoms with Gasteiger partial charge in [0, 0.05) is 34.8 Å². The molecule has 186 valence electrons. The smallest absolute Gasteiger partial charge is 0.218 e. The Morgan fingerprint density at radius 1 is 0.632 bits per heavy atom. The molecule has 5 aromatic carbocycles. The number of nitrogens with zero attached hydrogens (tertiary/aromatic N) is 2. The molecule has 0 saturated carbocycles. The standard InChI is InChI=1S/C34H28N2O2/c1-22-18-23(2)20-26(19-22)36-30-17-16-24(21-31(30)35(34(36)37-3)25-10-5-4-6-11-25)27-13-9-14-29-28-12-7-8-15-32(28)38-33(27)29/h4-21,34H,1-3H3. The number of hydrogen-bond donors (Lipinski definition) is 0. The molecule has 1 aromatic heterocycles. The monoisotopic (exact) mass is 496 g/mol. The summed E-state index contributed by atoms with van der Waals surface area (Å²) in [7, 11) is 1.78. The summed E-state index contributed by atoms with van der Waals surface area (Å²) in [6, 6.07) is 38.4. The van der Waals surface area contributed by atoms with Crippen molar-refractivity contribution in [1.29, 1.82) is 0 Å². The van der Waals surface area contributed by atoms with E-state index in [1.165, 1.54) is 11.1 Å². The van der Waals surface area contributed by atoms with Gasteiger partial charge in [-0.2, -0.15) is 0 Å². The Morgan fingerprint density at radius 2 is 1.34 bits per heavy atom. The lowest BCUT2D eigenvalue weighted by molar-refractivity contribution is 0.119. The van der Waals surface area contributed by atoms with Crippen LogP contribution >= 0.6 is 0 Å². The predicted molar refractivity (Wildman–Crippen MR) is 157 cm³/mol. The van der Waals surface area contributed by atoms with Crippen LogP contribution in [0.25, 0.3) is 33.1 Å². The Hall–Kier alpha value is -4.54. The van der Waals surface area contributed by atoms with Crippen LogP contribution in [0.2, 0.25) is 0 Å². The van der Waals surface area contributed by atoms with Crippen LogP contribution in [0.15, 0.2) is 114 Å². The van der Waals surface area contributed by atoms with Gasteiger partial charge in [-0.3, -0.25) is 9.80 Å². The number of para-hydroxylation sites is 3. The maximum Gasteiger partial charge on any atom is 0.218 e. The van der Waals surface area contributed by atoms with Crippen molar-refractivity contribution >= 4 is 44.7 Å². The predicted octanol–water partition coefficient (Wildman–Crippen LogP) is 9.09. The summed E-state index contributed by atoms with van der Waals surface area (Å²) in [5.74, 6) is 0. The van der Waals surface area contributed by atoms with E-state index in [2.05, 4.69) is 115 Å². The van der Waals surface area contributed by atoms with Crippen molar-refractivity contribution in [2.24, 2.45) is 0 Å². The molecule has 0 radical (unpaired) electrons. The van der Waals surface area contributed by atoms with Gasteiger partial charge in [0.05, 0.1) is 11.4 Å². The topological polar surface area (TPSA) is 28.9 Å². The molecule has 1 unspecified atom stereocenters. The zero-order valence-electron chi connectivity index (χ0n) is 21.7. The Bertz CT molecular complexity index is 1780. The number of fused-ring (bicyclic) bond motifs is 4. The van der Waals surface area contributed by atoms with Crippen molar-refractivity contribution in [3.8, 4) is 11.1 Å². The van der Waals surface area contributed by atoms with Gasteiger partial charge in [-0.15, -0.1) is 0 Å². The van der Waals surface area contributed by atoms with Crippen LogP contribution in [-0.4, -0.2) is 13.5 Å². The summed E-state index contributed by atoms with van der Waals surface area (Å²) in [6.45, 7) is 4.28. The fourth-order valence-corrected chi connectivity index (χ4v) is 5.84. The highest BCUT2D eigenvalue weighted by atomic mass is 16.5. The molecule has 1 aliphatic heterocycles. The molecule has 38 heavy (non-hydrogen) atoms. The van der Waals surface area contributed by atoms with Crippen molar-refractivity contribution in [2.75, 3.05) is 16.9 Å². The molecule has 2 heterocycles. The molecule has 1 atom stereocenters. The van der Waals surface area contributed by atoms with Crippen LogP contribution in [-0.2, 0) is 4.74 Å². The molecule has 0 fully saturated rings. The van der Waals surface area contributed by atoms with Gasteiger partial charge in [0.1, 0.15) is 11.2 Å². The fraction of sp³-hybridized carbons (Fsp3) is 0.118. The van der Waals surface area contributed by atoms with Gasteiger partial charge in [-0.1, -0.05) is 66.7 Å². The average Bonchev–Trinajstić information content (AvgIpc) is 3.48. The second kappa shape index (κ2) is 8.79. The minimum Gasteiger partial charge on any atom is -0.455 e. The summed E-state index contributed by atoms with van der Waals surface area (Å²) < 4.78 is 12.6. The second-order valence-corrected chi connectivity index (χ2v) is 9.97. The largest absolute Gasteiger partial charge is 0.455 e. The van der Waals surface area contributed by atoms with E-state index in [-0.39, 0.29) is 6.35 Å². The summed E-state index contributed by atoms with van der Waals surface area (Å²) in [4.78, 5) is 4.56. The SMILES string of the molecule is COC1N(c2cc(C)cc(C)c2)c2ccc(-c3cccc4c3oc3ccccc34)cc2N1c1ccccc1. The first kappa shape index (κ1) is 22.6. The summed E-state index contributed by atoms with van der Waals surface area (Å²) in [6.07, 6.45) is -0.328. The zero-order chi connectivity index (χ0) is 25.8. The van der Waals surface area contributed by atoms with E-state index < -0.39 is 0 Å². The van der Waals surface area contributed by atoms with Gasteiger partial charge in [0.15, 0.2) is 0 Å². The van der Waals surface area contributed by atoms with Crippen LogP contribution in [0.4, 0.5) is 22.7 Å². The first-order chi connectivity index (χ1) is 18.6. The van der Waals surface area contributed by atoms with Gasteiger partial charge in [0.2, 0.25) is 6.35 Å². The number of benzene rings is 5. The average molecular weight is 497 g/mol. The quantitative estimate of drug-likeness (QED) is 0.243. The van der Waals surface area contributed by atoms with Gasteiger partial charge in [0.25, 0.3) is 0 Å². The summed E-state index contributed by atoms with van der Waals surface area (Å²) in [5.41, 5.74) is 10.8. The van der Waals surface area contributed by atoms with Crippen molar-refractivity contribution in [2.45, 2.75) is 20.2 Å². The van der Waals surface area contributed by atoms with Crippen molar-refractivity contribution in [1.82, 2.24) is 0 Å². The molecule has 0 bridgehead atoms. The van der Waals surface area contributed by atoms with Crippen LogP contribution in [0.5, 0.6) is 0 Å². The molecule has 6 aromatic rings. The lowest BCUT2D eigenvalue weighted by Crippen LogP contribution is -2.39. The molecular weight excluding hydrogens is 468 g/mol. The number of furan rings is 1. The molecule has 0 amide bonds. The van der Waals surface area contributed by atoms with Gasteiger partial charge in [-0.25, -0.2) is 0 Å². The Labute approximate surface area is 222 Å². The molecule has 4 nitrogen and oxygen atoms in total. The van der Waals surface area contributed by atoms with Crippen molar-refractivity contribution in [3.63, 3.8) is 0 Å². The third-order valence-corrected chi connectivity index (χ3v) is 7.38. The van der Waals surface area contributed by atoms with E-state index in [0.717, 1.165) is 55.8 Å². The Morgan fingerprint density at radius 3 is 2.13 bits per heavy atom. The highest BCUT2D eigenvalue weighted by Gasteiger charge is 2.38. The number of hydrogen-bond acceptors (Lipinski definition) is 4. The van der Waals surface area contributed by atoms with E-state index >= 15 is 0 Å². The maximum absolute atomic E-state index is 6.38. The van der Waals surface area contributed by atoms with E-state index in [4.69, 9.17) is 9.15 Å². The molecule has 7 rings (SSSR count). The molecule has 0 N–H and O–H groups in total. The van der Waals surface area contributed by atoms with Gasteiger partial charge >= 0.3 is 0 Å². The number of rotatable bonds is 4. The van der Waals surface area contributed by atoms with Gasteiger partial charge in [-0.05, 0) is 73.0 Å². The van der Waals surface area contributed by atoms with Crippen molar-refractivity contribution in [3.05, 3.63) is 120 Å². The second-order valence-electron chi connectivity index (χ2n) is 9.97. The minimum absolute atomic E-state index is 0.328. The van der Waals surface area contributed by atoms with E-state index in [1.54, 1.807) is 7.11 Å². The number of methoxy groups -OCH3 is 1. The summed E-state index contributed by atoms with van der Waals surface area (Å²) >= 11 is 0. The highest BCUT2D eigenvalue weighted by Crippen LogP contribution is 2.50. The number of ether oxygens (including phenoxy) is 1.